The highest BCUT2D eigenvalue weighted by atomic mass is 32.2. The minimum atomic E-state index is -0.695. The van der Waals surface area contributed by atoms with Crippen molar-refractivity contribution in [3.05, 3.63) is 0 Å². The van der Waals surface area contributed by atoms with Crippen molar-refractivity contribution in [2.24, 2.45) is 5.92 Å². The monoisotopic (exact) mass is 204 g/mol. The van der Waals surface area contributed by atoms with Crippen molar-refractivity contribution >= 4 is 17.7 Å². The second-order valence-corrected chi connectivity index (χ2v) is 4.72. The molecule has 0 saturated carbocycles. The standard InChI is InChI=1S/C9H16O3S/c1-7(9(10)11)6-13-8-2-4-12-5-3-8/h7-8H,2-6H2,1H3,(H,10,11). The van der Waals surface area contributed by atoms with E-state index in [1.807, 2.05) is 0 Å². The van der Waals surface area contributed by atoms with Gasteiger partial charge in [0, 0.05) is 24.2 Å². The number of hydrogen-bond acceptors (Lipinski definition) is 3. The van der Waals surface area contributed by atoms with Crippen LogP contribution < -0.4 is 0 Å². The molecule has 1 N–H and O–H groups in total. The lowest BCUT2D eigenvalue weighted by Gasteiger charge is -2.22. The van der Waals surface area contributed by atoms with E-state index in [2.05, 4.69) is 0 Å². The zero-order chi connectivity index (χ0) is 9.68. The summed E-state index contributed by atoms with van der Waals surface area (Å²) in [6, 6.07) is 0. The van der Waals surface area contributed by atoms with Gasteiger partial charge in [0.05, 0.1) is 5.92 Å². The topological polar surface area (TPSA) is 46.5 Å². The van der Waals surface area contributed by atoms with Crippen LogP contribution in [0.3, 0.4) is 0 Å². The molecular formula is C9H16O3S. The molecule has 0 radical (unpaired) electrons. The summed E-state index contributed by atoms with van der Waals surface area (Å²) >= 11 is 1.77. The molecule has 0 amide bonds. The number of thioether (sulfide) groups is 1. The van der Waals surface area contributed by atoms with Crippen LogP contribution in [0.4, 0.5) is 0 Å². The predicted octanol–water partition coefficient (Wildman–Crippen LogP) is 1.62. The Labute approximate surface area is 82.8 Å². The summed E-state index contributed by atoms with van der Waals surface area (Å²) in [6.07, 6.45) is 2.13. The van der Waals surface area contributed by atoms with E-state index in [-0.39, 0.29) is 5.92 Å². The summed E-state index contributed by atoms with van der Waals surface area (Å²) in [6.45, 7) is 3.42. The van der Waals surface area contributed by atoms with Gasteiger partial charge in [-0.3, -0.25) is 4.79 Å². The maximum absolute atomic E-state index is 10.5. The van der Waals surface area contributed by atoms with E-state index < -0.39 is 5.97 Å². The van der Waals surface area contributed by atoms with Crippen LogP contribution in [0.5, 0.6) is 0 Å². The van der Waals surface area contributed by atoms with E-state index in [4.69, 9.17) is 9.84 Å². The van der Waals surface area contributed by atoms with Gasteiger partial charge in [-0.05, 0) is 12.8 Å². The highest BCUT2D eigenvalue weighted by Gasteiger charge is 2.17. The molecule has 1 saturated heterocycles. The van der Waals surface area contributed by atoms with Gasteiger partial charge >= 0.3 is 5.97 Å². The molecule has 4 heteroatoms. The maximum Gasteiger partial charge on any atom is 0.307 e. The van der Waals surface area contributed by atoms with Crippen LogP contribution in [0.15, 0.2) is 0 Å². The molecule has 1 aliphatic heterocycles. The number of carboxylic acids is 1. The SMILES string of the molecule is CC(CSC1CCOCC1)C(=O)O. The summed E-state index contributed by atoms with van der Waals surface area (Å²) in [5.41, 5.74) is 0. The quantitative estimate of drug-likeness (QED) is 0.756. The molecular weight excluding hydrogens is 188 g/mol. The lowest BCUT2D eigenvalue weighted by molar-refractivity contribution is -0.140. The Hall–Kier alpha value is -0.220. The second-order valence-electron chi connectivity index (χ2n) is 3.38. The zero-order valence-electron chi connectivity index (χ0n) is 7.86. The first-order valence-electron chi connectivity index (χ1n) is 4.62. The van der Waals surface area contributed by atoms with E-state index in [1.54, 1.807) is 18.7 Å². The molecule has 1 atom stereocenters. The van der Waals surface area contributed by atoms with Gasteiger partial charge in [0.1, 0.15) is 0 Å². The number of carboxylic acid groups (broad SMARTS) is 1. The van der Waals surface area contributed by atoms with Gasteiger partial charge in [-0.25, -0.2) is 0 Å². The van der Waals surface area contributed by atoms with Gasteiger partial charge in [0.2, 0.25) is 0 Å². The van der Waals surface area contributed by atoms with E-state index in [9.17, 15) is 4.79 Å². The smallest absolute Gasteiger partial charge is 0.307 e. The minimum absolute atomic E-state index is 0.229. The second kappa shape index (κ2) is 5.50. The van der Waals surface area contributed by atoms with Gasteiger partial charge in [-0.1, -0.05) is 6.92 Å². The van der Waals surface area contributed by atoms with Gasteiger partial charge in [0.25, 0.3) is 0 Å². The number of carbonyl (C=O) groups is 1. The molecule has 0 spiro atoms. The first-order chi connectivity index (χ1) is 6.20. The van der Waals surface area contributed by atoms with Crippen LogP contribution in [0.1, 0.15) is 19.8 Å². The highest BCUT2D eigenvalue weighted by molar-refractivity contribution is 7.99. The van der Waals surface area contributed by atoms with Crippen LogP contribution in [-0.4, -0.2) is 35.3 Å². The van der Waals surface area contributed by atoms with Crippen molar-refractivity contribution in [1.29, 1.82) is 0 Å². The molecule has 76 valence electrons. The normalized spacial score (nSPS) is 21.3. The number of aliphatic carboxylic acids is 1. The lowest BCUT2D eigenvalue weighted by atomic mass is 10.2. The minimum Gasteiger partial charge on any atom is -0.481 e. The average molecular weight is 204 g/mol. The Morgan fingerprint density at radius 3 is 2.77 bits per heavy atom. The largest absolute Gasteiger partial charge is 0.481 e. The van der Waals surface area contributed by atoms with E-state index in [0.717, 1.165) is 31.8 Å². The Balaban J connectivity index is 2.13. The molecule has 1 rings (SSSR count). The van der Waals surface area contributed by atoms with Crippen molar-refractivity contribution in [2.45, 2.75) is 25.0 Å². The molecule has 1 heterocycles. The van der Waals surface area contributed by atoms with Crippen LogP contribution in [0.25, 0.3) is 0 Å². The van der Waals surface area contributed by atoms with E-state index >= 15 is 0 Å². The Morgan fingerprint density at radius 2 is 2.23 bits per heavy atom. The Morgan fingerprint density at radius 1 is 1.62 bits per heavy atom. The molecule has 13 heavy (non-hydrogen) atoms. The maximum atomic E-state index is 10.5. The van der Waals surface area contributed by atoms with Crippen LogP contribution >= 0.6 is 11.8 Å². The zero-order valence-corrected chi connectivity index (χ0v) is 8.68. The van der Waals surface area contributed by atoms with E-state index in [1.165, 1.54) is 0 Å². The van der Waals surface area contributed by atoms with Crippen molar-refractivity contribution in [3.63, 3.8) is 0 Å². The molecule has 0 aromatic rings. The van der Waals surface area contributed by atoms with Crippen LogP contribution in [0, 0.1) is 5.92 Å². The fraction of sp³-hybridized carbons (Fsp3) is 0.889. The van der Waals surface area contributed by atoms with Gasteiger partial charge in [-0.2, -0.15) is 11.8 Å². The van der Waals surface area contributed by atoms with Crippen molar-refractivity contribution in [1.82, 2.24) is 0 Å². The summed E-state index contributed by atoms with van der Waals surface area (Å²) in [5, 5.41) is 9.28. The summed E-state index contributed by atoms with van der Waals surface area (Å²) in [4.78, 5) is 10.5. The van der Waals surface area contributed by atoms with Crippen molar-refractivity contribution in [2.75, 3.05) is 19.0 Å². The molecule has 0 aliphatic carbocycles. The van der Waals surface area contributed by atoms with Crippen molar-refractivity contribution in [3.8, 4) is 0 Å². The number of rotatable bonds is 4. The van der Waals surface area contributed by atoms with Crippen molar-refractivity contribution < 1.29 is 14.6 Å². The third-order valence-electron chi connectivity index (χ3n) is 2.17. The third kappa shape index (κ3) is 4.00. The fourth-order valence-corrected chi connectivity index (χ4v) is 2.42. The molecule has 1 fully saturated rings. The van der Waals surface area contributed by atoms with Crippen LogP contribution in [-0.2, 0) is 9.53 Å². The molecule has 3 nitrogen and oxygen atoms in total. The lowest BCUT2D eigenvalue weighted by Crippen LogP contribution is -2.20. The van der Waals surface area contributed by atoms with E-state index in [0.29, 0.717) is 5.25 Å². The first-order valence-corrected chi connectivity index (χ1v) is 5.67. The Kier molecular flexibility index (Phi) is 4.59. The average Bonchev–Trinajstić information content (AvgIpc) is 2.15. The van der Waals surface area contributed by atoms with Gasteiger partial charge in [-0.15, -0.1) is 0 Å². The number of hydrogen-bond donors (Lipinski definition) is 1. The summed E-state index contributed by atoms with van der Waals surface area (Å²) < 4.78 is 5.22. The number of ether oxygens (including phenoxy) is 1. The van der Waals surface area contributed by atoms with Crippen LogP contribution in [0.2, 0.25) is 0 Å². The first kappa shape index (κ1) is 10.9. The molecule has 1 unspecified atom stereocenters. The highest BCUT2D eigenvalue weighted by Crippen LogP contribution is 2.23. The van der Waals surface area contributed by atoms with Gasteiger partial charge < -0.3 is 9.84 Å². The summed E-state index contributed by atoms with van der Waals surface area (Å²) in [7, 11) is 0. The fourth-order valence-electron chi connectivity index (χ4n) is 1.19. The van der Waals surface area contributed by atoms with Gasteiger partial charge in [0.15, 0.2) is 0 Å². The molecule has 1 aliphatic rings. The third-order valence-corrected chi connectivity index (χ3v) is 3.81. The molecule has 0 bridgehead atoms. The Bertz CT molecular complexity index is 166. The molecule has 0 aromatic heterocycles. The summed E-state index contributed by atoms with van der Waals surface area (Å²) in [5.74, 6) is -0.201. The predicted molar refractivity (Wildman–Crippen MR) is 53.1 cm³/mol. The molecule has 0 aromatic carbocycles.